The highest BCUT2D eigenvalue weighted by atomic mass is 79.9. The van der Waals surface area contributed by atoms with Gasteiger partial charge in [0.2, 0.25) is 5.79 Å². The predicted octanol–water partition coefficient (Wildman–Crippen LogP) is 4.44. The Kier molecular flexibility index (Phi) is 4.10. The van der Waals surface area contributed by atoms with Gasteiger partial charge in [-0.1, -0.05) is 28.1 Å². The lowest BCUT2D eigenvalue weighted by molar-refractivity contribution is -0.192. The van der Waals surface area contributed by atoms with Gasteiger partial charge in [0, 0.05) is 18.2 Å². The van der Waals surface area contributed by atoms with E-state index < -0.39 is 5.79 Å². The van der Waals surface area contributed by atoms with Crippen molar-refractivity contribution in [3.63, 3.8) is 0 Å². The highest BCUT2D eigenvalue weighted by Gasteiger charge is 2.29. The molecule has 0 aliphatic carbocycles. The number of hydrogen-bond acceptors (Lipinski definition) is 2. The second-order valence-corrected chi connectivity index (χ2v) is 6.10. The molecule has 1 heterocycles. The highest BCUT2D eigenvalue weighted by Crippen LogP contribution is 2.29. The van der Waals surface area contributed by atoms with Crippen molar-refractivity contribution in [1.82, 2.24) is 0 Å². The molecule has 0 saturated carbocycles. The summed E-state index contributed by atoms with van der Waals surface area (Å²) in [7, 11) is 0. The number of halogens is 1. The Labute approximate surface area is 111 Å². The van der Waals surface area contributed by atoms with Gasteiger partial charge in [0.25, 0.3) is 0 Å². The van der Waals surface area contributed by atoms with E-state index in [1.165, 1.54) is 12.0 Å². The Balaban J connectivity index is 2.03. The molecule has 2 rings (SSSR count). The Morgan fingerprint density at radius 3 is 2.53 bits per heavy atom. The molecule has 2 atom stereocenters. The quantitative estimate of drug-likeness (QED) is 0.768. The summed E-state index contributed by atoms with van der Waals surface area (Å²) in [5, 5.41) is 0. The maximum Gasteiger partial charge on any atom is 0.207 e. The first kappa shape index (κ1) is 12.9. The van der Waals surface area contributed by atoms with E-state index in [-0.39, 0.29) is 0 Å². The SMILES string of the molecule is CC(Br)c1ccc(OC2(C)CCCCO2)cc1. The van der Waals surface area contributed by atoms with Crippen molar-refractivity contribution in [1.29, 1.82) is 0 Å². The maximum atomic E-state index is 5.94. The van der Waals surface area contributed by atoms with Gasteiger partial charge in [-0.05, 0) is 37.5 Å². The third-order valence-electron chi connectivity index (χ3n) is 3.11. The van der Waals surface area contributed by atoms with Crippen LogP contribution in [-0.4, -0.2) is 12.4 Å². The first-order chi connectivity index (χ1) is 8.09. The molecule has 1 fully saturated rings. The van der Waals surface area contributed by atoms with E-state index in [0.717, 1.165) is 25.2 Å². The summed E-state index contributed by atoms with van der Waals surface area (Å²) in [6.07, 6.45) is 3.27. The molecule has 1 aliphatic heterocycles. The molecular weight excluding hydrogens is 280 g/mol. The van der Waals surface area contributed by atoms with Crippen molar-refractivity contribution < 1.29 is 9.47 Å². The van der Waals surface area contributed by atoms with Crippen LogP contribution in [0.4, 0.5) is 0 Å². The van der Waals surface area contributed by atoms with Crippen LogP contribution in [0.3, 0.4) is 0 Å². The van der Waals surface area contributed by atoms with E-state index in [4.69, 9.17) is 9.47 Å². The Morgan fingerprint density at radius 1 is 1.29 bits per heavy atom. The zero-order valence-corrected chi connectivity index (χ0v) is 12.0. The number of benzene rings is 1. The van der Waals surface area contributed by atoms with Crippen molar-refractivity contribution in [2.24, 2.45) is 0 Å². The second kappa shape index (κ2) is 5.40. The average Bonchev–Trinajstić information content (AvgIpc) is 2.30. The monoisotopic (exact) mass is 298 g/mol. The zero-order valence-electron chi connectivity index (χ0n) is 10.4. The van der Waals surface area contributed by atoms with Crippen molar-refractivity contribution >= 4 is 15.9 Å². The Bertz CT molecular complexity index is 353. The molecule has 1 aliphatic rings. The lowest BCUT2D eigenvalue weighted by Crippen LogP contribution is -2.38. The number of alkyl halides is 1. The van der Waals surface area contributed by atoms with Gasteiger partial charge in [-0.25, -0.2) is 0 Å². The molecule has 0 bridgehead atoms. The Hall–Kier alpha value is -0.540. The van der Waals surface area contributed by atoms with E-state index in [9.17, 15) is 0 Å². The number of ether oxygens (including phenoxy) is 2. The van der Waals surface area contributed by atoms with Crippen molar-refractivity contribution in [3.05, 3.63) is 29.8 Å². The van der Waals surface area contributed by atoms with Gasteiger partial charge in [0.1, 0.15) is 5.75 Å². The summed E-state index contributed by atoms with van der Waals surface area (Å²) >= 11 is 3.55. The molecule has 2 unspecified atom stereocenters. The van der Waals surface area contributed by atoms with E-state index in [1.54, 1.807) is 0 Å². The minimum atomic E-state index is -0.445. The van der Waals surface area contributed by atoms with Crippen LogP contribution in [0.15, 0.2) is 24.3 Å². The van der Waals surface area contributed by atoms with Gasteiger partial charge in [-0.2, -0.15) is 0 Å². The van der Waals surface area contributed by atoms with Crippen LogP contribution in [0.5, 0.6) is 5.75 Å². The fourth-order valence-electron chi connectivity index (χ4n) is 2.04. The molecule has 94 valence electrons. The molecule has 0 N–H and O–H groups in total. The molecule has 0 spiro atoms. The van der Waals surface area contributed by atoms with Crippen LogP contribution in [-0.2, 0) is 4.74 Å². The lowest BCUT2D eigenvalue weighted by Gasteiger charge is -2.34. The number of rotatable bonds is 3. The molecule has 3 heteroatoms. The first-order valence-corrected chi connectivity index (χ1v) is 7.08. The topological polar surface area (TPSA) is 18.5 Å². The molecule has 1 aromatic carbocycles. The van der Waals surface area contributed by atoms with Crippen LogP contribution in [0, 0.1) is 0 Å². The predicted molar refractivity (Wildman–Crippen MR) is 72.6 cm³/mol. The summed E-state index contributed by atoms with van der Waals surface area (Å²) in [6, 6.07) is 8.19. The fraction of sp³-hybridized carbons (Fsp3) is 0.571. The van der Waals surface area contributed by atoms with Gasteiger partial charge in [-0.15, -0.1) is 0 Å². The minimum absolute atomic E-state index is 0.373. The van der Waals surface area contributed by atoms with Gasteiger partial charge in [-0.3, -0.25) is 0 Å². The fourth-order valence-corrected chi connectivity index (χ4v) is 2.34. The van der Waals surface area contributed by atoms with E-state index in [0.29, 0.717) is 4.83 Å². The molecule has 1 saturated heterocycles. The van der Waals surface area contributed by atoms with Crippen LogP contribution < -0.4 is 4.74 Å². The van der Waals surface area contributed by atoms with Crippen molar-refractivity contribution in [3.8, 4) is 5.75 Å². The van der Waals surface area contributed by atoms with Crippen molar-refractivity contribution in [2.45, 2.75) is 43.7 Å². The van der Waals surface area contributed by atoms with E-state index in [1.807, 2.05) is 19.1 Å². The summed E-state index contributed by atoms with van der Waals surface area (Å²) < 4.78 is 11.7. The summed E-state index contributed by atoms with van der Waals surface area (Å²) in [5.74, 6) is 0.436. The van der Waals surface area contributed by atoms with Crippen LogP contribution >= 0.6 is 15.9 Å². The molecule has 17 heavy (non-hydrogen) atoms. The first-order valence-electron chi connectivity index (χ1n) is 6.16. The third kappa shape index (κ3) is 3.46. The van der Waals surface area contributed by atoms with Gasteiger partial charge >= 0.3 is 0 Å². The standard InChI is InChI=1S/C14H19BrO2/c1-11(15)12-5-7-13(8-6-12)17-14(2)9-3-4-10-16-14/h5-8,11H,3-4,9-10H2,1-2H3. The van der Waals surface area contributed by atoms with Crippen LogP contribution in [0.1, 0.15) is 43.5 Å². The molecular formula is C14H19BrO2. The second-order valence-electron chi connectivity index (χ2n) is 4.73. The number of hydrogen-bond donors (Lipinski definition) is 0. The largest absolute Gasteiger partial charge is 0.463 e. The average molecular weight is 299 g/mol. The summed E-state index contributed by atoms with van der Waals surface area (Å²) in [5.41, 5.74) is 1.26. The van der Waals surface area contributed by atoms with Crippen LogP contribution in [0.25, 0.3) is 0 Å². The molecule has 0 aromatic heterocycles. The zero-order chi connectivity index (χ0) is 12.3. The van der Waals surface area contributed by atoms with Crippen molar-refractivity contribution in [2.75, 3.05) is 6.61 Å². The molecule has 1 aromatic rings. The highest BCUT2D eigenvalue weighted by molar-refractivity contribution is 9.09. The van der Waals surface area contributed by atoms with Gasteiger partial charge in [0.15, 0.2) is 0 Å². The summed E-state index contributed by atoms with van der Waals surface area (Å²) in [4.78, 5) is 0.373. The molecule has 2 nitrogen and oxygen atoms in total. The molecule has 0 radical (unpaired) electrons. The maximum absolute atomic E-state index is 5.94. The van der Waals surface area contributed by atoms with Crippen LogP contribution in [0.2, 0.25) is 0 Å². The summed E-state index contributed by atoms with van der Waals surface area (Å²) in [6.45, 7) is 4.93. The Morgan fingerprint density at radius 2 is 2.00 bits per heavy atom. The van der Waals surface area contributed by atoms with Gasteiger partial charge < -0.3 is 9.47 Å². The lowest BCUT2D eigenvalue weighted by atomic mass is 10.1. The van der Waals surface area contributed by atoms with E-state index >= 15 is 0 Å². The van der Waals surface area contributed by atoms with Gasteiger partial charge in [0.05, 0.1) is 6.61 Å². The smallest absolute Gasteiger partial charge is 0.207 e. The third-order valence-corrected chi connectivity index (χ3v) is 3.63. The normalized spacial score (nSPS) is 26.5. The van der Waals surface area contributed by atoms with E-state index in [2.05, 4.69) is 35.0 Å². The molecule has 0 amide bonds. The minimum Gasteiger partial charge on any atom is -0.463 e.